The maximum Gasteiger partial charge on any atom is 0.133 e. The van der Waals surface area contributed by atoms with E-state index in [0.29, 0.717) is 17.1 Å². The number of carbonyl (C=O) groups is 1. The van der Waals surface area contributed by atoms with Gasteiger partial charge in [0.2, 0.25) is 0 Å². The van der Waals surface area contributed by atoms with Gasteiger partial charge in [0.15, 0.2) is 0 Å². The Morgan fingerprint density at radius 1 is 1.47 bits per heavy atom. The quantitative estimate of drug-likeness (QED) is 0.597. The first-order valence-corrected chi connectivity index (χ1v) is 6.22. The first kappa shape index (κ1) is 10.9. The lowest BCUT2D eigenvalue weighted by Crippen LogP contribution is -2.35. The molecule has 0 N–H and O–H groups in total. The first-order chi connectivity index (χ1) is 7.06. The Labute approximate surface area is 92.9 Å². The summed E-state index contributed by atoms with van der Waals surface area (Å²) < 4.78 is 0. The molecule has 0 amide bonds. The summed E-state index contributed by atoms with van der Waals surface area (Å²) in [5.41, 5.74) is 1.84. The molecule has 0 aromatic heterocycles. The minimum atomic E-state index is 0.325. The third-order valence-corrected chi connectivity index (χ3v) is 4.87. The fourth-order valence-corrected chi connectivity index (χ4v) is 3.71. The van der Waals surface area contributed by atoms with E-state index in [-0.39, 0.29) is 0 Å². The van der Waals surface area contributed by atoms with Gasteiger partial charge in [0.05, 0.1) is 0 Å². The van der Waals surface area contributed by atoms with Crippen LogP contribution in [0.4, 0.5) is 0 Å². The van der Waals surface area contributed by atoms with Crippen LogP contribution >= 0.6 is 0 Å². The van der Waals surface area contributed by atoms with E-state index < -0.39 is 0 Å². The van der Waals surface area contributed by atoms with Crippen LogP contribution in [0.25, 0.3) is 0 Å². The Morgan fingerprint density at radius 3 is 2.73 bits per heavy atom. The van der Waals surface area contributed by atoms with E-state index in [4.69, 9.17) is 0 Å². The van der Waals surface area contributed by atoms with E-state index >= 15 is 0 Å². The van der Waals surface area contributed by atoms with E-state index in [1.54, 1.807) is 6.92 Å². The van der Waals surface area contributed by atoms with Gasteiger partial charge in [0.25, 0.3) is 0 Å². The van der Waals surface area contributed by atoms with Gasteiger partial charge in [-0.2, -0.15) is 0 Å². The van der Waals surface area contributed by atoms with Crippen molar-refractivity contribution >= 4 is 5.78 Å². The van der Waals surface area contributed by atoms with Crippen LogP contribution in [0.5, 0.6) is 0 Å². The average Bonchev–Trinajstić information content (AvgIpc) is 2.50. The van der Waals surface area contributed by atoms with E-state index in [9.17, 15) is 4.79 Å². The second-order valence-corrected chi connectivity index (χ2v) is 5.63. The van der Waals surface area contributed by atoms with Crippen molar-refractivity contribution in [2.45, 2.75) is 52.9 Å². The zero-order valence-corrected chi connectivity index (χ0v) is 10.2. The molecular formula is C14H22O. The van der Waals surface area contributed by atoms with Gasteiger partial charge in [-0.15, -0.1) is 0 Å². The molecule has 84 valence electrons. The van der Waals surface area contributed by atoms with Crippen molar-refractivity contribution in [3.05, 3.63) is 11.6 Å². The van der Waals surface area contributed by atoms with Gasteiger partial charge < -0.3 is 0 Å². The van der Waals surface area contributed by atoms with Crippen molar-refractivity contribution in [1.82, 2.24) is 0 Å². The van der Waals surface area contributed by atoms with Crippen LogP contribution in [0.15, 0.2) is 11.6 Å². The number of allylic oxidation sites excluding steroid dienone is 2. The Balaban J connectivity index is 2.27. The molecule has 0 aromatic carbocycles. The zero-order valence-electron chi connectivity index (χ0n) is 10.2. The second kappa shape index (κ2) is 3.77. The normalized spacial score (nSPS) is 40.6. The summed E-state index contributed by atoms with van der Waals surface area (Å²) in [7, 11) is 0. The summed E-state index contributed by atoms with van der Waals surface area (Å²) in [6.45, 7) is 6.35. The molecule has 1 heteroatoms. The van der Waals surface area contributed by atoms with Gasteiger partial charge in [-0.3, -0.25) is 4.79 Å². The molecule has 1 saturated carbocycles. The van der Waals surface area contributed by atoms with Crippen molar-refractivity contribution < 1.29 is 4.79 Å². The molecule has 0 heterocycles. The van der Waals surface area contributed by atoms with E-state index in [2.05, 4.69) is 19.9 Å². The minimum Gasteiger partial charge on any atom is -0.300 e. The van der Waals surface area contributed by atoms with Gasteiger partial charge in [0.1, 0.15) is 5.78 Å². The molecule has 0 aliphatic heterocycles. The largest absolute Gasteiger partial charge is 0.300 e. The van der Waals surface area contributed by atoms with Crippen LogP contribution in [0, 0.1) is 17.3 Å². The topological polar surface area (TPSA) is 17.1 Å². The highest BCUT2D eigenvalue weighted by Crippen LogP contribution is 2.55. The summed E-state index contributed by atoms with van der Waals surface area (Å²) in [5, 5.41) is 0. The highest BCUT2D eigenvalue weighted by Gasteiger charge is 2.49. The monoisotopic (exact) mass is 206 g/mol. The molecular weight excluding hydrogens is 184 g/mol. The molecule has 1 fully saturated rings. The SMILES string of the molecule is CC(=O)[C@H]1CC[C@@H](C)[C@]12CC=C(C)CC2. The Hall–Kier alpha value is -0.590. The number of hydrogen-bond acceptors (Lipinski definition) is 1. The Morgan fingerprint density at radius 2 is 2.20 bits per heavy atom. The number of carbonyl (C=O) groups excluding carboxylic acids is 1. The standard InChI is InChI=1S/C14H22O/c1-10-6-8-14(9-7-10)11(2)4-5-13(14)12(3)15/h6,11,13H,4-5,7-9H2,1-3H3/t11-,13-,14-/m1/s1. The predicted molar refractivity (Wildman–Crippen MR) is 62.6 cm³/mol. The number of rotatable bonds is 1. The number of Topliss-reactive ketones (excluding diaryl/α,β-unsaturated/α-hetero) is 1. The van der Waals surface area contributed by atoms with Gasteiger partial charge in [-0.05, 0) is 57.3 Å². The summed E-state index contributed by atoms with van der Waals surface area (Å²) >= 11 is 0. The predicted octanol–water partition coefficient (Wildman–Crippen LogP) is 3.74. The maximum atomic E-state index is 11.7. The lowest BCUT2D eigenvalue weighted by Gasteiger charge is -2.40. The van der Waals surface area contributed by atoms with Crippen molar-refractivity contribution in [3.8, 4) is 0 Å². The van der Waals surface area contributed by atoms with Crippen LogP contribution in [0.3, 0.4) is 0 Å². The van der Waals surface area contributed by atoms with Gasteiger partial charge in [-0.1, -0.05) is 18.6 Å². The highest BCUT2D eigenvalue weighted by atomic mass is 16.1. The maximum absolute atomic E-state index is 11.7. The molecule has 1 nitrogen and oxygen atoms in total. The van der Waals surface area contributed by atoms with E-state index in [1.165, 1.54) is 24.8 Å². The van der Waals surface area contributed by atoms with Crippen LogP contribution in [0.1, 0.15) is 52.9 Å². The van der Waals surface area contributed by atoms with Crippen LogP contribution < -0.4 is 0 Å². The van der Waals surface area contributed by atoms with E-state index in [1.807, 2.05) is 0 Å². The summed E-state index contributed by atoms with van der Waals surface area (Å²) in [6.07, 6.45) is 8.33. The van der Waals surface area contributed by atoms with Crippen molar-refractivity contribution in [2.75, 3.05) is 0 Å². The zero-order chi connectivity index (χ0) is 11.1. The molecule has 15 heavy (non-hydrogen) atoms. The van der Waals surface area contributed by atoms with Gasteiger partial charge >= 0.3 is 0 Å². The summed E-state index contributed by atoms with van der Waals surface area (Å²) in [4.78, 5) is 11.7. The van der Waals surface area contributed by atoms with Crippen molar-refractivity contribution in [3.63, 3.8) is 0 Å². The molecule has 2 rings (SSSR count). The Kier molecular flexibility index (Phi) is 2.74. The minimum absolute atomic E-state index is 0.325. The second-order valence-electron chi connectivity index (χ2n) is 5.63. The first-order valence-electron chi connectivity index (χ1n) is 6.22. The molecule has 0 bridgehead atoms. The molecule has 0 aromatic rings. The van der Waals surface area contributed by atoms with Crippen LogP contribution in [0.2, 0.25) is 0 Å². The lowest BCUT2D eigenvalue weighted by molar-refractivity contribution is -0.124. The molecule has 0 saturated heterocycles. The fraction of sp³-hybridized carbons (Fsp3) is 0.786. The van der Waals surface area contributed by atoms with E-state index in [0.717, 1.165) is 18.8 Å². The molecule has 0 radical (unpaired) electrons. The van der Waals surface area contributed by atoms with Crippen LogP contribution in [-0.2, 0) is 4.79 Å². The summed E-state index contributed by atoms with van der Waals surface area (Å²) in [5.74, 6) is 1.50. The van der Waals surface area contributed by atoms with Crippen molar-refractivity contribution in [1.29, 1.82) is 0 Å². The number of hydrogen-bond donors (Lipinski definition) is 0. The fourth-order valence-electron chi connectivity index (χ4n) is 3.71. The van der Waals surface area contributed by atoms with Gasteiger partial charge in [-0.25, -0.2) is 0 Å². The molecule has 0 unspecified atom stereocenters. The molecule has 2 aliphatic rings. The average molecular weight is 206 g/mol. The molecule has 3 atom stereocenters. The van der Waals surface area contributed by atoms with Crippen molar-refractivity contribution in [2.24, 2.45) is 17.3 Å². The third-order valence-electron chi connectivity index (χ3n) is 4.87. The molecule has 2 aliphatic carbocycles. The third kappa shape index (κ3) is 1.66. The number of ketones is 1. The Bertz CT molecular complexity index is 302. The smallest absolute Gasteiger partial charge is 0.133 e. The lowest BCUT2D eigenvalue weighted by atomic mass is 9.63. The molecule has 1 spiro atoms. The highest BCUT2D eigenvalue weighted by molar-refractivity contribution is 5.79. The summed E-state index contributed by atoms with van der Waals surface area (Å²) in [6, 6.07) is 0. The van der Waals surface area contributed by atoms with Gasteiger partial charge in [0, 0.05) is 5.92 Å². The van der Waals surface area contributed by atoms with Crippen LogP contribution in [-0.4, -0.2) is 5.78 Å².